The van der Waals surface area contributed by atoms with E-state index in [9.17, 15) is 9.90 Å². The molecule has 118 valence electrons. The molecular weight excluding hydrogens is 288 g/mol. The largest absolute Gasteiger partial charge is 0.506 e. The van der Waals surface area contributed by atoms with E-state index in [4.69, 9.17) is 0 Å². The number of phenols is 1. The highest BCUT2D eigenvalue weighted by Crippen LogP contribution is 2.58. The van der Waals surface area contributed by atoms with Crippen LogP contribution in [0.3, 0.4) is 0 Å². The summed E-state index contributed by atoms with van der Waals surface area (Å²) in [6.07, 6.45) is 5.35. The summed E-state index contributed by atoms with van der Waals surface area (Å²) >= 11 is 0. The topological polar surface area (TPSA) is 53.8 Å². The van der Waals surface area contributed by atoms with Gasteiger partial charge in [-0.15, -0.1) is 0 Å². The number of hydrogen-bond acceptors (Lipinski definition) is 3. The van der Waals surface area contributed by atoms with E-state index in [1.807, 2.05) is 6.07 Å². The zero-order valence-corrected chi connectivity index (χ0v) is 13.2. The second kappa shape index (κ2) is 4.26. The Balaban J connectivity index is 1.84. The van der Waals surface area contributed by atoms with Gasteiger partial charge in [0.05, 0.1) is 24.2 Å². The van der Waals surface area contributed by atoms with E-state index in [-0.39, 0.29) is 11.3 Å². The number of allylic oxidation sites excluding steroid dienone is 2. The van der Waals surface area contributed by atoms with Crippen molar-refractivity contribution in [3.05, 3.63) is 46.7 Å². The van der Waals surface area contributed by atoms with E-state index >= 15 is 0 Å². The Kier molecular flexibility index (Phi) is 2.48. The molecule has 4 heteroatoms. The Morgan fingerprint density at radius 1 is 1.43 bits per heavy atom. The lowest BCUT2D eigenvalue weighted by Gasteiger charge is -2.45. The predicted octanol–water partition coefficient (Wildman–Crippen LogP) is 1.15. The first-order valence-corrected chi connectivity index (χ1v) is 8.49. The van der Waals surface area contributed by atoms with Gasteiger partial charge < -0.3 is 15.3 Å². The zero-order chi connectivity index (χ0) is 15.8. The van der Waals surface area contributed by atoms with Crippen molar-refractivity contribution in [3.8, 4) is 5.75 Å². The van der Waals surface area contributed by atoms with Crippen molar-refractivity contribution in [1.29, 1.82) is 0 Å². The number of phenolic OH excluding ortho intramolecular Hbond substituents is 1. The third kappa shape index (κ3) is 1.39. The molecule has 3 N–H and O–H groups in total. The number of quaternary nitrogens is 1. The van der Waals surface area contributed by atoms with Crippen LogP contribution in [0.15, 0.2) is 41.1 Å². The van der Waals surface area contributed by atoms with Crippen LogP contribution in [0.1, 0.15) is 25.3 Å². The number of fused-ring (bicyclic) bond motifs is 2. The SMILES string of the molecule is C/C=C1\C[NH+]2CC[C@@]34C(=C(C=O)[C@@H]1C[C@@H]23)Nc1c(O)cccc14. The smallest absolute Gasteiger partial charge is 0.148 e. The van der Waals surface area contributed by atoms with Crippen LogP contribution in [0.2, 0.25) is 0 Å². The van der Waals surface area contributed by atoms with Crippen LogP contribution in [-0.4, -0.2) is 30.5 Å². The first-order chi connectivity index (χ1) is 11.2. The number of carbonyl (C=O) groups excluding carboxylic acids is 1. The first-order valence-electron chi connectivity index (χ1n) is 8.49. The van der Waals surface area contributed by atoms with Crippen LogP contribution in [-0.2, 0) is 10.2 Å². The molecule has 1 aromatic rings. The van der Waals surface area contributed by atoms with Gasteiger partial charge in [0, 0.05) is 30.0 Å². The van der Waals surface area contributed by atoms with Crippen LogP contribution < -0.4 is 10.2 Å². The van der Waals surface area contributed by atoms with Crippen LogP contribution in [0.5, 0.6) is 5.75 Å². The maximum Gasteiger partial charge on any atom is 0.148 e. The van der Waals surface area contributed by atoms with Crippen molar-refractivity contribution in [2.45, 2.75) is 31.2 Å². The fourth-order valence-corrected chi connectivity index (χ4v) is 5.72. The minimum Gasteiger partial charge on any atom is -0.506 e. The summed E-state index contributed by atoms with van der Waals surface area (Å²) in [5.74, 6) is 0.537. The fraction of sp³-hybridized carbons (Fsp3) is 0.421. The maximum atomic E-state index is 12.0. The second-order valence-electron chi connectivity index (χ2n) is 7.28. The molecule has 1 unspecified atom stereocenters. The zero-order valence-electron chi connectivity index (χ0n) is 13.2. The van der Waals surface area contributed by atoms with Crippen molar-refractivity contribution < 1.29 is 14.8 Å². The summed E-state index contributed by atoms with van der Waals surface area (Å²) in [6.45, 7) is 4.26. The predicted molar refractivity (Wildman–Crippen MR) is 87.5 cm³/mol. The Hall–Kier alpha value is -2.07. The van der Waals surface area contributed by atoms with Crippen LogP contribution in [0, 0.1) is 5.92 Å². The molecule has 3 heterocycles. The molecule has 4 nitrogen and oxygen atoms in total. The van der Waals surface area contributed by atoms with Crippen LogP contribution in [0.4, 0.5) is 5.69 Å². The van der Waals surface area contributed by atoms with E-state index in [2.05, 4.69) is 24.4 Å². The number of carbonyl (C=O) groups is 1. The van der Waals surface area contributed by atoms with Crippen molar-refractivity contribution in [3.63, 3.8) is 0 Å². The van der Waals surface area contributed by atoms with Crippen LogP contribution in [0.25, 0.3) is 0 Å². The molecule has 23 heavy (non-hydrogen) atoms. The highest BCUT2D eigenvalue weighted by molar-refractivity contribution is 5.85. The number of para-hydroxylation sites is 1. The number of aromatic hydroxyl groups is 1. The molecule has 4 aliphatic rings. The summed E-state index contributed by atoms with van der Waals surface area (Å²) in [4.78, 5) is 13.6. The Labute approximate surface area is 135 Å². The van der Waals surface area contributed by atoms with Crippen LogP contribution >= 0.6 is 0 Å². The van der Waals surface area contributed by atoms with E-state index in [0.717, 1.165) is 49.2 Å². The first kappa shape index (κ1) is 13.4. The lowest BCUT2D eigenvalue weighted by molar-refractivity contribution is -0.914. The monoisotopic (exact) mass is 309 g/mol. The molecule has 5 rings (SSSR count). The Bertz CT molecular complexity index is 795. The van der Waals surface area contributed by atoms with Gasteiger partial charge >= 0.3 is 0 Å². The van der Waals surface area contributed by atoms with E-state index in [1.165, 1.54) is 11.1 Å². The average Bonchev–Trinajstić information content (AvgIpc) is 3.12. The molecule has 1 aromatic carbocycles. The van der Waals surface area contributed by atoms with Gasteiger partial charge in [-0.05, 0) is 24.1 Å². The number of piperidine rings is 1. The molecule has 1 aliphatic carbocycles. The Morgan fingerprint density at radius 2 is 2.30 bits per heavy atom. The summed E-state index contributed by atoms with van der Waals surface area (Å²) in [5, 5.41) is 13.8. The molecule has 2 fully saturated rings. The molecule has 2 saturated heterocycles. The van der Waals surface area contributed by atoms with Gasteiger partial charge in [0.15, 0.2) is 0 Å². The highest BCUT2D eigenvalue weighted by atomic mass is 16.3. The lowest BCUT2D eigenvalue weighted by Crippen LogP contribution is -3.16. The van der Waals surface area contributed by atoms with Gasteiger partial charge in [-0.2, -0.15) is 0 Å². The van der Waals surface area contributed by atoms with Crippen molar-refractivity contribution in [2.24, 2.45) is 5.92 Å². The summed E-state index contributed by atoms with van der Waals surface area (Å²) in [5.41, 5.74) is 5.27. The number of hydrogen-bond donors (Lipinski definition) is 3. The third-order valence-electron chi connectivity index (χ3n) is 6.66. The Morgan fingerprint density at radius 3 is 3.09 bits per heavy atom. The molecule has 0 radical (unpaired) electrons. The molecule has 0 aromatic heterocycles. The minimum atomic E-state index is -0.102. The maximum absolute atomic E-state index is 12.0. The van der Waals surface area contributed by atoms with E-state index in [0.29, 0.717) is 11.8 Å². The van der Waals surface area contributed by atoms with Gasteiger partial charge in [0.25, 0.3) is 0 Å². The fourth-order valence-electron chi connectivity index (χ4n) is 5.72. The van der Waals surface area contributed by atoms with E-state index < -0.39 is 0 Å². The van der Waals surface area contributed by atoms with Crippen molar-refractivity contribution >= 4 is 12.0 Å². The summed E-state index contributed by atoms with van der Waals surface area (Å²) in [7, 11) is 0. The quantitative estimate of drug-likeness (QED) is 0.414. The van der Waals surface area contributed by atoms with Gasteiger partial charge in [0.2, 0.25) is 0 Å². The number of aldehydes is 1. The number of rotatable bonds is 1. The molecular formula is C19H21N2O2+. The minimum absolute atomic E-state index is 0.102. The lowest BCUT2D eigenvalue weighted by atomic mass is 9.62. The molecule has 3 aliphatic heterocycles. The second-order valence-corrected chi connectivity index (χ2v) is 7.28. The number of nitrogens with one attached hydrogen (secondary N) is 2. The average molecular weight is 309 g/mol. The van der Waals surface area contributed by atoms with Crippen molar-refractivity contribution in [1.82, 2.24) is 0 Å². The number of benzene rings is 1. The molecule has 2 bridgehead atoms. The molecule has 1 spiro atoms. The number of anilines is 1. The van der Waals surface area contributed by atoms with Gasteiger partial charge in [-0.25, -0.2) is 0 Å². The standard InChI is InChI=1S/C19H20N2O2/c1-2-11-9-21-7-6-19-14-4-3-5-15(23)17(14)20-18(19)13(10-22)12(11)8-16(19)21/h2-5,10,12,16,20,23H,6-9H2,1H3/p+1/b11-2+/t12-,16-,19+/m1/s1. The van der Waals surface area contributed by atoms with E-state index in [1.54, 1.807) is 11.0 Å². The summed E-state index contributed by atoms with van der Waals surface area (Å²) in [6, 6.07) is 6.29. The highest BCUT2D eigenvalue weighted by Gasteiger charge is 2.64. The normalized spacial score (nSPS) is 38.3. The van der Waals surface area contributed by atoms with Gasteiger partial charge in [0.1, 0.15) is 18.1 Å². The van der Waals surface area contributed by atoms with Crippen molar-refractivity contribution in [2.75, 3.05) is 18.4 Å². The third-order valence-corrected chi connectivity index (χ3v) is 6.66. The molecule has 0 amide bonds. The summed E-state index contributed by atoms with van der Waals surface area (Å²) < 4.78 is 0. The molecule has 4 atom stereocenters. The van der Waals surface area contributed by atoms with Gasteiger partial charge in [-0.3, -0.25) is 4.79 Å². The van der Waals surface area contributed by atoms with Gasteiger partial charge in [-0.1, -0.05) is 18.2 Å². The molecule has 0 saturated carbocycles.